The van der Waals surface area contributed by atoms with Gasteiger partial charge in [0.15, 0.2) is 10.8 Å². The number of nitrogens with one attached hydrogen (secondary N) is 1. The summed E-state index contributed by atoms with van der Waals surface area (Å²) in [5.74, 6) is -1.57. The first-order valence-corrected chi connectivity index (χ1v) is 9.17. The third kappa shape index (κ3) is 2.80. The molecule has 1 saturated heterocycles. The van der Waals surface area contributed by atoms with Gasteiger partial charge >= 0.3 is 5.97 Å². The SMILES string of the molecule is Cc1cc(N2CC(C(=O)NO)C2)nc2c1c(=O)c(C(=O)O)cn2-c1nccs1. The lowest BCUT2D eigenvalue weighted by Crippen LogP contribution is -2.53. The number of carbonyl (C=O) groups excluding carboxylic acids is 1. The molecule has 1 fully saturated rings. The normalized spacial score (nSPS) is 14.1. The number of pyridine rings is 2. The second kappa shape index (κ2) is 6.69. The molecule has 28 heavy (non-hydrogen) atoms. The lowest BCUT2D eigenvalue weighted by molar-refractivity contribution is -0.134. The smallest absolute Gasteiger partial charge is 0.341 e. The zero-order chi connectivity index (χ0) is 20.0. The summed E-state index contributed by atoms with van der Waals surface area (Å²) in [5.41, 5.74) is 1.56. The summed E-state index contributed by atoms with van der Waals surface area (Å²) in [6.45, 7) is 2.46. The van der Waals surface area contributed by atoms with Crippen molar-refractivity contribution < 1.29 is 19.9 Å². The van der Waals surface area contributed by atoms with E-state index in [4.69, 9.17) is 5.21 Å². The number of aromatic carboxylic acids is 1. The zero-order valence-corrected chi connectivity index (χ0v) is 15.4. The number of aromatic nitrogens is 3. The largest absolute Gasteiger partial charge is 0.477 e. The number of fused-ring (bicyclic) bond motifs is 1. The molecule has 3 aromatic heterocycles. The van der Waals surface area contributed by atoms with Crippen molar-refractivity contribution in [2.75, 3.05) is 18.0 Å². The molecule has 4 heterocycles. The van der Waals surface area contributed by atoms with Gasteiger partial charge < -0.3 is 10.0 Å². The van der Waals surface area contributed by atoms with E-state index in [1.807, 2.05) is 4.90 Å². The number of carbonyl (C=O) groups is 2. The highest BCUT2D eigenvalue weighted by Crippen LogP contribution is 2.28. The van der Waals surface area contributed by atoms with Gasteiger partial charge in [-0.15, -0.1) is 11.3 Å². The Morgan fingerprint density at radius 2 is 2.11 bits per heavy atom. The minimum Gasteiger partial charge on any atom is -0.477 e. The summed E-state index contributed by atoms with van der Waals surface area (Å²) in [6, 6.07) is 1.69. The number of carboxylic acid groups (broad SMARTS) is 1. The standard InChI is InChI=1S/C17H15N5O5S/c1-8-4-11(21-5-9(6-21)15(24)20-27)19-14-12(8)13(23)10(16(25)26)7-22(14)17-18-2-3-28-17/h2-4,7,9,27H,5-6H2,1H3,(H,20,24)(H,25,26). The molecule has 0 spiro atoms. The molecule has 11 heteroatoms. The summed E-state index contributed by atoms with van der Waals surface area (Å²) < 4.78 is 1.50. The number of amides is 1. The molecule has 3 aromatic rings. The van der Waals surface area contributed by atoms with Gasteiger partial charge in [-0.2, -0.15) is 0 Å². The minimum absolute atomic E-state index is 0.212. The average Bonchev–Trinajstić information content (AvgIpc) is 3.14. The van der Waals surface area contributed by atoms with Crippen molar-refractivity contribution in [2.24, 2.45) is 5.92 Å². The van der Waals surface area contributed by atoms with Gasteiger partial charge in [0, 0.05) is 30.9 Å². The molecular formula is C17H15N5O5S. The van der Waals surface area contributed by atoms with E-state index in [-0.39, 0.29) is 16.9 Å². The molecule has 1 aliphatic rings. The fraction of sp³-hybridized carbons (Fsp3) is 0.235. The van der Waals surface area contributed by atoms with Crippen LogP contribution in [0.1, 0.15) is 15.9 Å². The van der Waals surface area contributed by atoms with E-state index in [2.05, 4.69) is 9.97 Å². The fourth-order valence-corrected chi connectivity index (χ4v) is 3.81. The molecule has 0 unspecified atom stereocenters. The van der Waals surface area contributed by atoms with Crippen molar-refractivity contribution in [3.8, 4) is 5.13 Å². The van der Waals surface area contributed by atoms with E-state index >= 15 is 0 Å². The number of hydrogen-bond acceptors (Lipinski definition) is 8. The van der Waals surface area contributed by atoms with Gasteiger partial charge in [-0.25, -0.2) is 20.2 Å². The van der Waals surface area contributed by atoms with Gasteiger partial charge in [-0.1, -0.05) is 0 Å². The highest BCUT2D eigenvalue weighted by molar-refractivity contribution is 7.12. The Morgan fingerprint density at radius 1 is 1.36 bits per heavy atom. The van der Waals surface area contributed by atoms with Crippen molar-refractivity contribution in [1.29, 1.82) is 0 Å². The Kier molecular flexibility index (Phi) is 4.32. The Balaban J connectivity index is 1.88. The van der Waals surface area contributed by atoms with E-state index in [0.29, 0.717) is 35.2 Å². The quantitative estimate of drug-likeness (QED) is 0.431. The monoisotopic (exact) mass is 401 g/mol. The number of thiazole rings is 1. The Hall–Kier alpha value is -3.31. The third-order valence-electron chi connectivity index (χ3n) is 4.68. The summed E-state index contributed by atoms with van der Waals surface area (Å²) in [5, 5.41) is 20.6. The molecule has 0 radical (unpaired) electrons. The first-order valence-electron chi connectivity index (χ1n) is 8.29. The lowest BCUT2D eigenvalue weighted by Gasteiger charge is -2.38. The summed E-state index contributed by atoms with van der Waals surface area (Å²) in [4.78, 5) is 46.4. The summed E-state index contributed by atoms with van der Waals surface area (Å²) >= 11 is 1.29. The predicted octanol–water partition coefficient (Wildman–Crippen LogP) is 0.790. The molecule has 1 aliphatic heterocycles. The highest BCUT2D eigenvalue weighted by atomic mass is 32.1. The number of hydroxylamine groups is 1. The van der Waals surface area contributed by atoms with Crippen LogP contribution in [-0.4, -0.2) is 49.8 Å². The number of anilines is 1. The van der Waals surface area contributed by atoms with Crippen molar-refractivity contribution in [3.05, 3.63) is 45.2 Å². The highest BCUT2D eigenvalue weighted by Gasteiger charge is 2.34. The van der Waals surface area contributed by atoms with Crippen molar-refractivity contribution >= 4 is 40.1 Å². The number of rotatable bonds is 4. The number of hydrogen-bond donors (Lipinski definition) is 3. The predicted molar refractivity (Wildman–Crippen MR) is 100 cm³/mol. The van der Waals surface area contributed by atoms with Crippen LogP contribution in [-0.2, 0) is 4.79 Å². The zero-order valence-electron chi connectivity index (χ0n) is 14.6. The second-order valence-electron chi connectivity index (χ2n) is 6.44. The second-order valence-corrected chi connectivity index (χ2v) is 7.31. The molecule has 0 aliphatic carbocycles. The minimum atomic E-state index is -1.32. The Bertz CT molecular complexity index is 1150. The van der Waals surface area contributed by atoms with Crippen molar-refractivity contribution in [3.63, 3.8) is 0 Å². The van der Waals surface area contributed by atoms with Gasteiger partial charge in [-0.05, 0) is 18.6 Å². The van der Waals surface area contributed by atoms with Crippen LogP contribution < -0.4 is 15.8 Å². The first-order chi connectivity index (χ1) is 13.4. The summed E-state index contributed by atoms with van der Waals surface area (Å²) in [6.07, 6.45) is 2.81. The van der Waals surface area contributed by atoms with Gasteiger partial charge in [0.05, 0.1) is 11.3 Å². The fourth-order valence-electron chi connectivity index (χ4n) is 3.20. The van der Waals surface area contributed by atoms with Crippen LogP contribution in [0.5, 0.6) is 0 Å². The molecule has 4 rings (SSSR count). The van der Waals surface area contributed by atoms with Crippen LogP contribution in [0.25, 0.3) is 16.2 Å². The molecule has 10 nitrogen and oxygen atoms in total. The van der Waals surface area contributed by atoms with Crippen LogP contribution in [0, 0.1) is 12.8 Å². The molecular weight excluding hydrogens is 386 g/mol. The van der Waals surface area contributed by atoms with Crippen LogP contribution in [0.15, 0.2) is 28.6 Å². The summed E-state index contributed by atoms with van der Waals surface area (Å²) in [7, 11) is 0. The van der Waals surface area contributed by atoms with Crippen LogP contribution in [0.2, 0.25) is 0 Å². The maximum Gasteiger partial charge on any atom is 0.341 e. The first kappa shape index (κ1) is 18.1. The van der Waals surface area contributed by atoms with E-state index in [9.17, 15) is 19.5 Å². The average molecular weight is 401 g/mol. The number of aryl methyl sites for hydroxylation is 1. The van der Waals surface area contributed by atoms with E-state index in [1.54, 1.807) is 30.0 Å². The molecule has 3 N–H and O–H groups in total. The molecule has 1 amide bonds. The molecule has 0 bridgehead atoms. The van der Waals surface area contributed by atoms with Crippen LogP contribution >= 0.6 is 11.3 Å². The van der Waals surface area contributed by atoms with E-state index in [1.165, 1.54) is 22.1 Å². The molecule has 0 saturated carbocycles. The van der Waals surface area contributed by atoms with Crippen molar-refractivity contribution in [1.82, 2.24) is 20.0 Å². The third-order valence-corrected chi connectivity index (χ3v) is 5.46. The topological polar surface area (TPSA) is 138 Å². The van der Waals surface area contributed by atoms with Crippen LogP contribution in [0.4, 0.5) is 5.82 Å². The van der Waals surface area contributed by atoms with Crippen molar-refractivity contribution in [2.45, 2.75) is 6.92 Å². The number of nitrogens with zero attached hydrogens (tertiary/aromatic N) is 4. The number of carboxylic acids is 1. The maximum absolute atomic E-state index is 12.7. The van der Waals surface area contributed by atoms with E-state index in [0.717, 1.165) is 0 Å². The van der Waals surface area contributed by atoms with Gasteiger partial charge in [0.1, 0.15) is 11.4 Å². The van der Waals surface area contributed by atoms with Gasteiger partial charge in [-0.3, -0.25) is 19.4 Å². The molecule has 144 valence electrons. The maximum atomic E-state index is 12.7. The lowest BCUT2D eigenvalue weighted by atomic mass is 9.99. The van der Waals surface area contributed by atoms with Gasteiger partial charge in [0.2, 0.25) is 11.3 Å². The van der Waals surface area contributed by atoms with E-state index < -0.39 is 17.3 Å². The van der Waals surface area contributed by atoms with Crippen LogP contribution in [0.3, 0.4) is 0 Å². The van der Waals surface area contributed by atoms with Gasteiger partial charge in [0.25, 0.3) is 0 Å². The molecule has 0 atom stereocenters. The Morgan fingerprint density at radius 3 is 2.71 bits per heavy atom. The molecule has 0 aromatic carbocycles. The Labute approximate surface area is 161 Å².